The topological polar surface area (TPSA) is 87.5 Å². The van der Waals surface area contributed by atoms with Crippen molar-refractivity contribution in [3.63, 3.8) is 0 Å². The highest BCUT2D eigenvalue weighted by Crippen LogP contribution is 2.37. The summed E-state index contributed by atoms with van der Waals surface area (Å²) in [6.45, 7) is 5.72. The molecule has 0 radical (unpaired) electrons. The van der Waals surface area contributed by atoms with Crippen LogP contribution in [-0.2, 0) is 4.74 Å². The maximum Gasteiger partial charge on any atom is 0.364 e. The summed E-state index contributed by atoms with van der Waals surface area (Å²) in [5.74, 6) is 0.725. The molecule has 1 aliphatic heterocycles. The molecule has 2 fully saturated rings. The smallest absolute Gasteiger partial charge is 0.364 e. The zero-order valence-electron chi connectivity index (χ0n) is 14.5. The number of morpholine rings is 1. The first-order valence-electron chi connectivity index (χ1n) is 9.23. The third-order valence-electron chi connectivity index (χ3n) is 5.49. The first-order chi connectivity index (χ1) is 12.2. The van der Waals surface area contributed by atoms with Gasteiger partial charge in [-0.05, 0) is 25.0 Å². The van der Waals surface area contributed by atoms with Gasteiger partial charge >= 0.3 is 5.69 Å². The van der Waals surface area contributed by atoms with Crippen LogP contribution in [0, 0.1) is 5.41 Å². The summed E-state index contributed by atoms with van der Waals surface area (Å²) in [6.07, 6.45) is 6.40. The van der Waals surface area contributed by atoms with E-state index in [-0.39, 0.29) is 11.1 Å². The fourth-order valence-corrected chi connectivity index (χ4v) is 4.10. The largest absolute Gasteiger partial charge is 0.379 e. The van der Waals surface area contributed by atoms with Gasteiger partial charge in [0.2, 0.25) is 0 Å². The fourth-order valence-electron chi connectivity index (χ4n) is 4.10. The summed E-state index contributed by atoms with van der Waals surface area (Å²) in [6, 6.07) is 3.70. The molecule has 0 spiro atoms. The van der Waals surface area contributed by atoms with Gasteiger partial charge in [0, 0.05) is 31.6 Å². The van der Waals surface area contributed by atoms with Crippen LogP contribution in [0.3, 0.4) is 0 Å². The molecule has 2 aliphatic rings. The number of hydrogen-bond donors (Lipinski definition) is 2. The van der Waals surface area contributed by atoms with E-state index in [0.717, 1.165) is 45.2 Å². The molecule has 3 heterocycles. The van der Waals surface area contributed by atoms with Crippen molar-refractivity contribution < 1.29 is 4.74 Å². The third-order valence-corrected chi connectivity index (χ3v) is 5.49. The summed E-state index contributed by atoms with van der Waals surface area (Å²) >= 11 is 0. The highest BCUT2D eigenvalue weighted by molar-refractivity contribution is 5.43. The van der Waals surface area contributed by atoms with E-state index in [1.165, 1.54) is 36.6 Å². The predicted molar refractivity (Wildman–Crippen MR) is 94.9 cm³/mol. The Morgan fingerprint density at radius 1 is 1.20 bits per heavy atom. The maximum absolute atomic E-state index is 11.7. The van der Waals surface area contributed by atoms with E-state index in [1.54, 1.807) is 0 Å². The van der Waals surface area contributed by atoms with Crippen molar-refractivity contribution in [3.8, 4) is 0 Å². The fraction of sp³-hybridized carbons (Fsp3) is 0.706. The molecule has 8 nitrogen and oxygen atoms in total. The molecule has 2 aromatic heterocycles. The van der Waals surface area contributed by atoms with E-state index in [2.05, 4.69) is 25.5 Å². The van der Waals surface area contributed by atoms with Gasteiger partial charge < -0.3 is 10.1 Å². The molecule has 0 amide bonds. The van der Waals surface area contributed by atoms with Crippen molar-refractivity contribution >= 4 is 11.5 Å². The standard InChI is InChI=1S/C17H26N6O2/c24-16-20-19-15-5-4-14(21-23(15)16)18-12-17(6-2-1-3-7-17)13-22-8-10-25-11-9-22/h4-5H,1-3,6-13H2,(H,18,21)(H,20,24). The zero-order chi connectivity index (χ0) is 17.1. The number of fused-ring (bicyclic) bond motifs is 1. The van der Waals surface area contributed by atoms with Crippen molar-refractivity contribution in [2.45, 2.75) is 32.1 Å². The number of hydrogen-bond acceptors (Lipinski definition) is 6. The summed E-state index contributed by atoms with van der Waals surface area (Å²) in [4.78, 5) is 14.2. The molecular formula is C17H26N6O2. The highest BCUT2D eigenvalue weighted by atomic mass is 16.5. The zero-order valence-corrected chi connectivity index (χ0v) is 14.5. The lowest BCUT2D eigenvalue weighted by molar-refractivity contribution is 0.0102. The van der Waals surface area contributed by atoms with E-state index < -0.39 is 0 Å². The second kappa shape index (κ2) is 7.13. The molecule has 1 saturated carbocycles. The third kappa shape index (κ3) is 3.69. The van der Waals surface area contributed by atoms with E-state index >= 15 is 0 Å². The van der Waals surface area contributed by atoms with E-state index in [1.807, 2.05) is 12.1 Å². The van der Waals surface area contributed by atoms with Crippen molar-refractivity contribution in [1.82, 2.24) is 24.7 Å². The first kappa shape index (κ1) is 16.5. The minimum atomic E-state index is -0.306. The highest BCUT2D eigenvalue weighted by Gasteiger charge is 2.34. The molecule has 8 heteroatoms. The average Bonchev–Trinajstić information content (AvgIpc) is 3.02. The molecule has 4 rings (SSSR count). The van der Waals surface area contributed by atoms with Crippen LogP contribution in [0.25, 0.3) is 5.65 Å². The Hall–Kier alpha value is -1.93. The molecular weight excluding hydrogens is 320 g/mol. The van der Waals surface area contributed by atoms with Gasteiger partial charge in [-0.1, -0.05) is 19.3 Å². The number of nitrogens with zero attached hydrogens (tertiary/aromatic N) is 4. The molecule has 0 aromatic carbocycles. The Morgan fingerprint density at radius 2 is 2.00 bits per heavy atom. The molecule has 2 aromatic rings. The van der Waals surface area contributed by atoms with Crippen molar-refractivity contribution in [2.24, 2.45) is 5.41 Å². The summed E-state index contributed by atoms with van der Waals surface area (Å²) < 4.78 is 6.79. The Balaban J connectivity index is 1.47. The lowest BCUT2D eigenvalue weighted by Crippen LogP contribution is -2.47. The van der Waals surface area contributed by atoms with Crippen LogP contribution in [0.2, 0.25) is 0 Å². The quantitative estimate of drug-likeness (QED) is 0.843. The molecule has 1 saturated heterocycles. The van der Waals surface area contributed by atoms with Crippen LogP contribution in [0.1, 0.15) is 32.1 Å². The van der Waals surface area contributed by atoms with Crippen LogP contribution in [0.5, 0.6) is 0 Å². The van der Waals surface area contributed by atoms with Gasteiger partial charge in [0.15, 0.2) is 5.65 Å². The lowest BCUT2D eigenvalue weighted by Gasteiger charge is -2.42. The molecule has 0 atom stereocenters. The maximum atomic E-state index is 11.7. The molecule has 0 bridgehead atoms. The van der Waals surface area contributed by atoms with Gasteiger partial charge in [0.1, 0.15) is 5.82 Å². The number of nitrogens with one attached hydrogen (secondary N) is 2. The van der Waals surface area contributed by atoms with Crippen LogP contribution in [0.15, 0.2) is 16.9 Å². The normalized spacial score (nSPS) is 21.4. The number of anilines is 1. The minimum Gasteiger partial charge on any atom is -0.379 e. The Bertz CT molecular complexity index is 758. The number of rotatable bonds is 5. The molecule has 0 unspecified atom stereocenters. The number of H-pyrrole nitrogens is 1. The van der Waals surface area contributed by atoms with Gasteiger partial charge in [-0.3, -0.25) is 4.90 Å². The van der Waals surface area contributed by atoms with Gasteiger partial charge in [-0.15, -0.1) is 5.10 Å². The molecule has 25 heavy (non-hydrogen) atoms. The van der Waals surface area contributed by atoms with Crippen molar-refractivity contribution in [2.75, 3.05) is 44.7 Å². The van der Waals surface area contributed by atoms with Crippen molar-refractivity contribution in [1.29, 1.82) is 0 Å². The molecule has 2 N–H and O–H groups in total. The summed E-state index contributed by atoms with van der Waals surface area (Å²) in [5.41, 5.74) is 0.503. The van der Waals surface area contributed by atoms with Crippen LogP contribution in [-0.4, -0.2) is 64.1 Å². The van der Waals surface area contributed by atoms with Crippen LogP contribution >= 0.6 is 0 Å². The number of ether oxygens (including phenoxy) is 1. The molecule has 1 aliphatic carbocycles. The second-order valence-electron chi connectivity index (χ2n) is 7.32. The summed E-state index contributed by atoms with van der Waals surface area (Å²) in [7, 11) is 0. The Kier molecular flexibility index (Phi) is 4.72. The van der Waals surface area contributed by atoms with E-state index in [9.17, 15) is 4.79 Å². The number of aromatic amines is 1. The van der Waals surface area contributed by atoms with E-state index in [4.69, 9.17) is 4.74 Å². The second-order valence-corrected chi connectivity index (χ2v) is 7.32. The number of aromatic nitrogens is 4. The Morgan fingerprint density at radius 3 is 2.80 bits per heavy atom. The van der Waals surface area contributed by atoms with Gasteiger partial charge in [-0.2, -0.15) is 9.61 Å². The molecule has 136 valence electrons. The predicted octanol–water partition coefficient (Wildman–Crippen LogP) is 1.11. The van der Waals surface area contributed by atoms with Crippen LogP contribution in [0.4, 0.5) is 5.82 Å². The first-order valence-corrected chi connectivity index (χ1v) is 9.23. The van der Waals surface area contributed by atoms with Gasteiger partial charge in [0.05, 0.1) is 13.2 Å². The van der Waals surface area contributed by atoms with Gasteiger partial charge in [0.25, 0.3) is 0 Å². The lowest BCUT2D eigenvalue weighted by atomic mass is 9.73. The SMILES string of the molecule is O=c1[nH]nc2ccc(NCC3(CN4CCOCC4)CCCCC3)nn12. The minimum absolute atomic E-state index is 0.271. The van der Waals surface area contributed by atoms with Crippen LogP contribution < -0.4 is 11.0 Å². The monoisotopic (exact) mass is 346 g/mol. The Labute approximate surface area is 146 Å². The van der Waals surface area contributed by atoms with Gasteiger partial charge in [-0.25, -0.2) is 9.89 Å². The van der Waals surface area contributed by atoms with E-state index in [0.29, 0.717) is 5.65 Å². The van der Waals surface area contributed by atoms with Crippen molar-refractivity contribution in [3.05, 3.63) is 22.6 Å². The summed E-state index contributed by atoms with van der Waals surface area (Å²) in [5, 5.41) is 14.2. The average molecular weight is 346 g/mol.